The number of hydrogen-bond donors (Lipinski definition) is 2. The van der Waals surface area contributed by atoms with E-state index in [1.54, 1.807) is 18.3 Å². The third-order valence-corrected chi connectivity index (χ3v) is 3.31. The monoisotopic (exact) mass is 228 g/mol. The lowest BCUT2D eigenvalue weighted by molar-refractivity contribution is -0.0713. The van der Waals surface area contributed by atoms with Crippen molar-refractivity contribution in [3.63, 3.8) is 0 Å². The first-order chi connectivity index (χ1) is 7.00. The molecule has 0 radical (unpaired) electrons. The van der Waals surface area contributed by atoms with Crippen LogP contribution < -0.4 is 5.73 Å². The lowest BCUT2D eigenvalue weighted by atomic mass is 10.1. The minimum absolute atomic E-state index is 0.245. The molecular weight excluding hydrogens is 212 g/mol. The molecule has 0 spiro atoms. The van der Waals surface area contributed by atoms with E-state index in [1.807, 2.05) is 0 Å². The Bertz CT molecular complexity index is 338. The first-order valence-electron chi connectivity index (χ1n) is 4.83. The molecule has 3 N–H and O–H groups in total. The van der Waals surface area contributed by atoms with Gasteiger partial charge < -0.3 is 5.73 Å². The van der Waals surface area contributed by atoms with Crippen LogP contribution in [0.25, 0.3) is 0 Å². The SMILES string of the molecule is Cc1ccc(CCC(C)N(O)C(N)=O)s1. The van der Waals surface area contributed by atoms with Crippen LogP contribution in [0, 0.1) is 6.92 Å². The number of aryl methyl sites for hydroxylation is 2. The molecule has 1 heterocycles. The molecule has 1 aromatic rings. The number of carbonyl (C=O) groups is 1. The lowest BCUT2D eigenvalue weighted by Gasteiger charge is -2.19. The Labute approximate surface area is 93.3 Å². The second kappa shape index (κ2) is 5.14. The molecular formula is C10H16N2O2S. The highest BCUT2D eigenvalue weighted by Crippen LogP contribution is 2.18. The number of rotatable bonds is 4. The molecule has 1 atom stereocenters. The first-order valence-corrected chi connectivity index (χ1v) is 5.65. The van der Waals surface area contributed by atoms with Gasteiger partial charge in [0, 0.05) is 9.75 Å². The summed E-state index contributed by atoms with van der Waals surface area (Å²) in [6.07, 6.45) is 1.56. The van der Waals surface area contributed by atoms with Crippen LogP contribution in [0.5, 0.6) is 0 Å². The van der Waals surface area contributed by atoms with Crippen molar-refractivity contribution in [3.05, 3.63) is 21.9 Å². The smallest absolute Gasteiger partial charge is 0.338 e. The fourth-order valence-electron chi connectivity index (χ4n) is 1.31. The van der Waals surface area contributed by atoms with Crippen molar-refractivity contribution >= 4 is 17.4 Å². The highest BCUT2D eigenvalue weighted by Gasteiger charge is 2.14. The van der Waals surface area contributed by atoms with Gasteiger partial charge in [-0.15, -0.1) is 11.3 Å². The fourth-order valence-corrected chi connectivity index (χ4v) is 2.22. The van der Waals surface area contributed by atoms with E-state index in [9.17, 15) is 10.0 Å². The largest absolute Gasteiger partial charge is 0.350 e. The van der Waals surface area contributed by atoms with Crippen molar-refractivity contribution in [3.8, 4) is 0 Å². The number of nitrogens with zero attached hydrogens (tertiary/aromatic N) is 1. The minimum atomic E-state index is -0.801. The van der Waals surface area contributed by atoms with E-state index in [0.29, 0.717) is 11.5 Å². The molecule has 0 saturated carbocycles. The van der Waals surface area contributed by atoms with Crippen molar-refractivity contribution in [1.29, 1.82) is 0 Å². The minimum Gasteiger partial charge on any atom is -0.350 e. The molecule has 0 aliphatic heterocycles. The van der Waals surface area contributed by atoms with Gasteiger partial charge in [-0.05, 0) is 38.8 Å². The maximum Gasteiger partial charge on any atom is 0.338 e. The average Bonchev–Trinajstić information content (AvgIpc) is 2.59. The quantitative estimate of drug-likeness (QED) is 0.612. The Kier molecular flexibility index (Phi) is 4.11. The first kappa shape index (κ1) is 12.0. The van der Waals surface area contributed by atoms with Crippen molar-refractivity contribution in [1.82, 2.24) is 5.06 Å². The summed E-state index contributed by atoms with van der Waals surface area (Å²) in [5.41, 5.74) is 4.95. The summed E-state index contributed by atoms with van der Waals surface area (Å²) in [6, 6.07) is 3.09. The predicted octanol–water partition coefficient (Wildman–Crippen LogP) is 2.15. The molecule has 4 nitrogen and oxygen atoms in total. The molecule has 84 valence electrons. The van der Waals surface area contributed by atoms with Crippen molar-refractivity contribution in [2.45, 2.75) is 32.7 Å². The Morgan fingerprint density at radius 2 is 2.33 bits per heavy atom. The number of nitrogens with two attached hydrogens (primary N) is 1. The maximum atomic E-state index is 10.7. The number of urea groups is 1. The van der Waals surface area contributed by atoms with Crippen LogP contribution in [0.15, 0.2) is 12.1 Å². The van der Waals surface area contributed by atoms with E-state index >= 15 is 0 Å². The van der Waals surface area contributed by atoms with Gasteiger partial charge in [0.2, 0.25) is 0 Å². The van der Waals surface area contributed by atoms with Crippen LogP contribution in [0.1, 0.15) is 23.1 Å². The van der Waals surface area contributed by atoms with E-state index in [2.05, 4.69) is 19.1 Å². The van der Waals surface area contributed by atoms with Gasteiger partial charge >= 0.3 is 6.03 Å². The molecule has 1 rings (SSSR count). The zero-order chi connectivity index (χ0) is 11.4. The molecule has 0 saturated heterocycles. The Morgan fingerprint density at radius 1 is 1.67 bits per heavy atom. The van der Waals surface area contributed by atoms with Crippen LogP contribution in [-0.2, 0) is 6.42 Å². The Hall–Kier alpha value is -1.07. The summed E-state index contributed by atoms with van der Waals surface area (Å²) < 4.78 is 0. The third kappa shape index (κ3) is 3.53. The number of hydroxylamine groups is 2. The number of amides is 2. The van der Waals surface area contributed by atoms with E-state index in [1.165, 1.54) is 9.75 Å². The van der Waals surface area contributed by atoms with Crippen LogP contribution in [-0.4, -0.2) is 22.3 Å². The topological polar surface area (TPSA) is 66.6 Å². The van der Waals surface area contributed by atoms with Crippen molar-refractivity contribution in [2.75, 3.05) is 0 Å². The standard InChI is InChI=1S/C10H16N2O2S/c1-7(12(14)10(11)13)3-5-9-6-4-8(2)15-9/h4,6-7,14H,3,5H2,1-2H3,(H2,11,13). The van der Waals surface area contributed by atoms with Gasteiger partial charge in [-0.1, -0.05) is 0 Å². The van der Waals surface area contributed by atoms with Crippen LogP contribution in [0.4, 0.5) is 4.79 Å². The van der Waals surface area contributed by atoms with Crippen molar-refractivity contribution < 1.29 is 10.0 Å². The Morgan fingerprint density at radius 3 is 2.80 bits per heavy atom. The van der Waals surface area contributed by atoms with E-state index in [-0.39, 0.29) is 6.04 Å². The molecule has 0 aromatic carbocycles. The van der Waals surface area contributed by atoms with Gasteiger partial charge in [-0.25, -0.2) is 9.86 Å². The molecule has 0 bridgehead atoms. The molecule has 0 aliphatic rings. The third-order valence-electron chi connectivity index (χ3n) is 2.25. The number of hydrogen-bond acceptors (Lipinski definition) is 3. The molecule has 1 aromatic heterocycles. The summed E-state index contributed by atoms with van der Waals surface area (Å²) in [4.78, 5) is 13.2. The van der Waals surface area contributed by atoms with Gasteiger partial charge in [-0.2, -0.15) is 0 Å². The second-order valence-corrected chi connectivity index (χ2v) is 4.96. The van der Waals surface area contributed by atoms with E-state index in [0.717, 1.165) is 6.42 Å². The number of primary amides is 1. The van der Waals surface area contributed by atoms with Crippen LogP contribution >= 0.6 is 11.3 Å². The van der Waals surface area contributed by atoms with Gasteiger partial charge in [0.1, 0.15) is 0 Å². The van der Waals surface area contributed by atoms with Crippen LogP contribution in [0.3, 0.4) is 0 Å². The summed E-state index contributed by atoms with van der Waals surface area (Å²) in [7, 11) is 0. The molecule has 0 aliphatic carbocycles. The molecule has 0 fully saturated rings. The highest BCUT2D eigenvalue weighted by atomic mass is 32.1. The van der Waals surface area contributed by atoms with E-state index < -0.39 is 6.03 Å². The molecule has 2 amide bonds. The normalized spacial score (nSPS) is 12.5. The van der Waals surface area contributed by atoms with Gasteiger partial charge in [-0.3, -0.25) is 5.21 Å². The fraction of sp³-hybridized carbons (Fsp3) is 0.500. The molecule has 15 heavy (non-hydrogen) atoms. The average molecular weight is 228 g/mol. The highest BCUT2D eigenvalue weighted by molar-refractivity contribution is 7.11. The van der Waals surface area contributed by atoms with Gasteiger partial charge in [0.25, 0.3) is 0 Å². The number of thiophene rings is 1. The maximum absolute atomic E-state index is 10.7. The van der Waals surface area contributed by atoms with E-state index in [4.69, 9.17) is 5.73 Å². The summed E-state index contributed by atoms with van der Waals surface area (Å²) >= 11 is 1.73. The predicted molar refractivity (Wildman–Crippen MR) is 60.0 cm³/mol. The zero-order valence-electron chi connectivity index (χ0n) is 8.93. The number of carbonyl (C=O) groups excluding carboxylic acids is 1. The lowest BCUT2D eigenvalue weighted by Crippen LogP contribution is -2.39. The Balaban J connectivity index is 2.40. The summed E-state index contributed by atoms with van der Waals surface area (Å²) in [5, 5.41) is 9.82. The zero-order valence-corrected chi connectivity index (χ0v) is 9.75. The summed E-state index contributed by atoms with van der Waals surface area (Å²) in [5.74, 6) is 0. The molecule has 1 unspecified atom stereocenters. The van der Waals surface area contributed by atoms with Gasteiger partial charge in [0.05, 0.1) is 6.04 Å². The van der Waals surface area contributed by atoms with Gasteiger partial charge in [0.15, 0.2) is 0 Å². The van der Waals surface area contributed by atoms with Crippen molar-refractivity contribution in [2.24, 2.45) is 5.73 Å². The van der Waals surface area contributed by atoms with Crippen LogP contribution in [0.2, 0.25) is 0 Å². The molecule has 5 heteroatoms. The summed E-state index contributed by atoms with van der Waals surface area (Å²) in [6.45, 7) is 3.82. The second-order valence-electron chi connectivity index (χ2n) is 3.58.